The number of halogens is 2. The molecule has 1 aromatic rings. The number of hydrogen-bond donors (Lipinski definition) is 1. The number of benzene rings is 1. The maximum absolute atomic E-state index is 13.5. The molecule has 0 amide bonds. The first-order valence-corrected chi connectivity index (χ1v) is 5.93. The van der Waals surface area contributed by atoms with Crippen molar-refractivity contribution in [1.29, 1.82) is 0 Å². The lowest BCUT2D eigenvalue weighted by Crippen LogP contribution is -2.31. The Bertz CT molecular complexity index is 355. The third-order valence-electron chi connectivity index (χ3n) is 2.83. The lowest BCUT2D eigenvalue weighted by molar-refractivity contribution is 0.240. The molecule has 4 heteroatoms. The van der Waals surface area contributed by atoms with Crippen LogP contribution >= 0.6 is 0 Å². The molecule has 0 saturated heterocycles. The first-order chi connectivity index (χ1) is 8.06. The molecule has 0 aromatic heterocycles. The molecule has 0 saturated carbocycles. The lowest BCUT2D eigenvalue weighted by atomic mass is 10.1. The summed E-state index contributed by atoms with van der Waals surface area (Å²) in [5.41, 5.74) is 6.09. The normalized spacial score (nSPS) is 13.1. The molecule has 0 bridgehead atoms. The maximum Gasteiger partial charge on any atom is 0.130 e. The average molecular weight is 242 g/mol. The van der Waals surface area contributed by atoms with Gasteiger partial charge in [0.15, 0.2) is 0 Å². The summed E-state index contributed by atoms with van der Waals surface area (Å²) in [6.45, 7) is 6.83. The molecule has 0 fully saturated rings. The molecule has 0 aliphatic carbocycles. The summed E-state index contributed by atoms with van der Waals surface area (Å²) in [6.07, 6.45) is 0. The van der Waals surface area contributed by atoms with Crippen LogP contribution in [-0.2, 0) is 6.54 Å². The first kappa shape index (κ1) is 14.1. The monoisotopic (exact) mass is 242 g/mol. The highest BCUT2D eigenvalue weighted by Gasteiger charge is 2.11. The molecule has 1 aromatic carbocycles. The summed E-state index contributed by atoms with van der Waals surface area (Å²) >= 11 is 0. The van der Waals surface area contributed by atoms with Crippen molar-refractivity contribution in [3.63, 3.8) is 0 Å². The minimum absolute atomic E-state index is 0.374. The van der Waals surface area contributed by atoms with E-state index in [0.29, 0.717) is 24.6 Å². The van der Waals surface area contributed by atoms with E-state index in [2.05, 4.69) is 11.8 Å². The van der Waals surface area contributed by atoms with Gasteiger partial charge in [-0.3, -0.25) is 4.90 Å². The summed E-state index contributed by atoms with van der Waals surface area (Å²) < 4.78 is 26.2. The first-order valence-electron chi connectivity index (χ1n) is 5.93. The topological polar surface area (TPSA) is 29.3 Å². The van der Waals surface area contributed by atoms with Crippen molar-refractivity contribution in [2.75, 3.05) is 19.6 Å². The van der Waals surface area contributed by atoms with Gasteiger partial charge in [-0.2, -0.15) is 0 Å². The molecule has 1 rings (SSSR count). The molecule has 0 heterocycles. The van der Waals surface area contributed by atoms with Crippen LogP contribution in [0.3, 0.4) is 0 Å². The van der Waals surface area contributed by atoms with Crippen LogP contribution in [0.1, 0.15) is 19.4 Å². The van der Waals surface area contributed by atoms with Crippen LogP contribution in [0, 0.1) is 17.6 Å². The molecule has 1 unspecified atom stereocenters. The second-order valence-corrected chi connectivity index (χ2v) is 4.40. The minimum Gasteiger partial charge on any atom is -0.330 e. The van der Waals surface area contributed by atoms with Gasteiger partial charge in [-0.25, -0.2) is 8.78 Å². The zero-order chi connectivity index (χ0) is 12.8. The van der Waals surface area contributed by atoms with E-state index in [1.165, 1.54) is 12.1 Å². The SMILES string of the molecule is CCN(Cc1ccc(F)cc1F)CC(C)CN. The fourth-order valence-electron chi connectivity index (χ4n) is 1.71. The van der Waals surface area contributed by atoms with Crippen LogP contribution in [0.2, 0.25) is 0 Å². The molecular formula is C13H20F2N2. The number of hydrogen-bond acceptors (Lipinski definition) is 2. The maximum atomic E-state index is 13.5. The quantitative estimate of drug-likeness (QED) is 0.830. The predicted molar refractivity (Wildman–Crippen MR) is 65.5 cm³/mol. The number of nitrogens with two attached hydrogens (primary N) is 1. The van der Waals surface area contributed by atoms with Gasteiger partial charge in [0.1, 0.15) is 11.6 Å². The van der Waals surface area contributed by atoms with Gasteiger partial charge >= 0.3 is 0 Å². The minimum atomic E-state index is -0.537. The summed E-state index contributed by atoms with van der Waals surface area (Å²) in [4.78, 5) is 2.11. The van der Waals surface area contributed by atoms with Crippen molar-refractivity contribution in [3.8, 4) is 0 Å². The summed E-state index contributed by atoms with van der Waals surface area (Å²) in [5, 5.41) is 0. The molecule has 0 spiro atoms. The van der Waals surface area contributed by atoms with Crippen molar-refractivity contribution in [3.05, 3.63) is 35.4 Å². The average Bonchev–Trinajstić information content (AvgIpc) is 2.31. The summed E-state index contributed by atoms with van der Waals surface area (Å²) in [5.74, 6) is -0.646. The largest absolute Gasteiger partial charge is 0.330 e. The van der Waals surface area contributed by atoms with Crippen molar-refractivity contribution in [2.24, 2.45) is 11.7 Å². The Morgan fingerprint density at radius 3 is 2.59 bits per heavy atom. The van der Waals surface area contributed by atoms with E-state index in [9.17, 15) is 8.78 Å². The van der Waals surface area contributed by atoms with Gasteiger partial charge in [0.05, 0.1) is 0 Å². The van der Waals surface area contributed by atoms with Crippen LogP contribution in [0.5, 0.6) is 0 Å². The Hall–Kier alpha value is -1.00. The fourth-order valence-corrected chi connectivity index (χ4v) is 1.71. The Morgan fingerprint density at radius 2 is 2.06 bits per heavy atom. The van der Waals surface area contributed by atoms with Gasteiger partial charge in [-0.1, -0.05) is 19.9 Å². The van der Waals surface area contributed by atoms with Crippen molar-refractivity contribution in [1.82, 2.24) is 4.90 Å². The second-order valence-electron chi connectivity index (χ2n) is 4.40. The van der Waals surface area contributed by atoms with Gasteiger partial charge in [0.2, 0.25) is 0 Å². The van der Waals surface area contributed by atoms with Crippen LogP contribution in [0.4, 0.5) is 8.78 Å². The van der Waals surface area contributed by atoms with Gasteiger partial charge in [-0.15, -0.1) is 0 Å². The van der Waals surface area contributed by atoms with E-state index in [-0.39, 0.29) is 0 Å². The van der Waals surface area contributed by atoms with Crippen molar-refractivity contribution < 1.29 is 8.78 Å². The molecular weight excluding hydrogens is 222 g/mol. The molecule has 1 atom stereocenters. The highest BCUT2D eigenvalue weighted by molar-refractivity contribution is 5.18. The van der Waals surface area contributed by atoms with Crippen LogP contribution in [-0.4, -0.2) is 24.5 Å². The van der Waals surface area contributed by atoms with E-state index < -0.39 is 11.6 Å². The Balaban J connectivity index is 2.67. The highest BCUT2D eigenvalue weighted by Crippen LogP contribution is 2.13. The van der Waals surface area contributed by atoms with Crippen LogP contribution in [0.15, 0.2) is 18.2 Å². The fraction of sp³-hybridized carbons (Fsp3) is 0.538. The van der Waals surface area contributed by atoms with E-state index in [0.717, 1.165) is 19.2 Å². The van der Waals surface area contributed by atoms with Gasteiger partial charge in [0, 0.05) is 24.7 Å². The smallest absolute Gasteiger partial charge is 0.130 e. The Labute approximate surface area is 101 Å². The molecule has 0 aliphatic heterocycles. The van der Waals surface area contributed by atoms with E-state index in [1.807, 2.05) is 6.92 Å². The van der Waals surface area contributed by atoms with E-state index in [1.54, 1.807) is 0 Å². The zero-order valence-electron chi connectivity index (χ0n) is 10.4. The second kappa shape index (κ2) is 6.67. The standard InChI is InChI=1S/C13H20F2N2/c1-3-17(8-10(2)7-16)9-11-4-5-12(14)6-13(11)15/h4-6,10H,3,7-9,16H2,1-2H3. The molecule has 2 nitrogen and oxygen atoms in total. The number of rotatable bonds is 6. The van der Waals surface area contributed by atoms with Crippen LogP contribution in [0.25, 0.3) is 0 Å². The van der Waals surface area contributed by atoms with Gasteiger partial charge < -0.3 is 5.73 Å². The van der Waals surface area contributed by atoms with Gasteiger partial charge in [-0.05, 0) is 25.1 Å². The highest BCUT2D eigenvalue weighted by atomic mass is 19.1. The Morgan fingerprint density at radius 1 is 1.35 bits per heavy atom. The van der Waals surface area contributed by atoms with Crippen molar-refractivity contribution >= 4 is 0 Å². The predicted octanol–water partition coefficient (Wildman–Crippen LogP) is 2.38. The summed E-state index contributed by atoms with van der Waals surface area (Å²) in [6, 6.07) is 3.72. The molecule has 0 aliphatic rings. The van der Waals surface area contributed by atoms with Crippen molar-refractivity contribution in [2.45, 2.75) is 20.4 Å². The third kappa shape index (κ3) is 4.40. The third-order valence-corrected chi connectivity index (χ3v) is 2.83. The number of nitrogens with zero attached hydrogens (tertiary/aromatic N) is 1. The van der Waals surface area contributed by atoms with E-state index in [4.69, 9.17) is 5.73 Å². The van der Waals surface area contributed by atoms with Gasteiger partial charge in [0.25, 0.3) is 0 Å². The molecule has 17 heavy (non-hydrogen) atoms. The zero-order valence-corrected chi connectivity index (χ0v) is 10.4. The summed E-state index contributed by atoms with van der Waals surface area (Å²) in [7, 11) is 0. The Kier molecular flexibility index (Phi) is 5.51. The molecule has 2 N–H and O–H groups in total. The molecule has 96 valence electrons. The molecule has 0 radical (unpaired) electrons. The van der Waals surface area contributed by atoms with E-state index >= 15 is 0 Å². The lowest BCUT2D eigenvalue weighted by Gasteiger charge is -2.23. The van der Waals surface area contributed by atoms with Crippen LogP contribution < -0.4 is 5.73 Å².